The zero-order valence-corrected chi connectivity index (χ0v) is 32.5. The van der Waals surface area contributed by atoms with Crippen molar-refractivity contribution in [1.29, 1.82) is 0 Å². The van der Waals surface area contributed by atoms with Crippen molar-refractivity contribution in [3.8, 4) is 0 Å². The van der Waals surface area contributed by atoms with Crippen molar-refractivity contribution < 1.29 is 118 Å². The van der Waals surface area contributed by atoms with E-state index in [1.54, 1.807) is 12.1 Å². The zero-order chi connectivity index (χ0) is 46.8. The van der Waals surface area contributed by atoms with E-state index in [1.807, 2.05) is 12.1 Å². The molecule has 6 aromatic rings. The lowest BCUT2D eigenvalue weighted by atomic mass is 9.12. The average molecular weight is 1060 g/mol. The predicted octanol–water partition coefficient (Wildman–Crippen LogP) is 7.27. The van der Waals surface area contributed by atoms with E-state index < -0.39 is 166 Å². The molecule has 0 atom stereocenters. The van der Waals surface area contributed by atoms with Crippen LogP contribution in [0.25, 0.3) is 10.1 Å². The Bertz CT molecular complexity index is 2430. The first-order valence-corrected chi connectivity index (χ1v) is 18.4. The first-order valence-electron chi connectivity index (χ1n) is 15.5. The second-order valence-corrected chi connectivity index (χ2v) is 15.5. The average Bonchev–Trinajstić information content (AvgIpc) is 3.91. The maximum Gasteiger partial charge on any atom is 0.443 e. The summed E-state index contributed by atoms with van der Waals surface area (Å²) in [4.78, 5) is 0. The van der Waals surface area contributed by atoms with Crippen molar-refractivity contribution in [2.24, 2.45) is 0 Å². The largest absolute Gasteiger partial charge is 0.443 e. The Labute approximate surface area is 350 Å². The number of halogens is 23. The van der Waals surface area contributed by atoms with Gasteiger partial charge in [0.15, 0.2) is 69.8 Å². The molecule has 0 bridgehead atoms. The fourth-order valence-corrected chi connectivity index (χ4v) is 8.13. The Morgan fingerprint density at radius 1 is 0.339 bits per heavy atom. The molecule has 0 unspecified atom stereocenters. The van der Waals surface area contributed by atoms with Crippen molar-refractivity contribution in [3.63, 3.8) is 0 Å². The summed E-state index contributed by atoms with van der Waals surface area (Å²) in [6.45, 7) is 7.21. The van der Waals surface area contributed by atoms with Crippen molar-refractivity contribution in [3.05, 3.63) is 173 Å². The van der Waals surface area contributed by atoms with Crippen LogP contribution in [0.3, 0.4) is 0 Å². The topological polar surface area (TPSA) is 26.3 Å². The second-order valence-electron chi connectivity index (χ2n) is 11.9. The van der Waals surface area contributed by atoms with Crippen LogP contribution in [0, 0.1) is 124 Å². The highest BCUT2D eigenvalue weighted by atomic mass is 127. The van der Waals surface area contributed by atoms with Gasteiger partial charge in [0.2, 0.25) is 0 Å². The summed E-state index contributed by atoms with van der Waals surface area (Å²) in [5, 5.41) is 0.795. The third-order valence-electron chi connectivity index (χ3n) is 8.57. The first-order chi connectivity index (χ1) is 28.8. The van der Waals surface area contributed by atoms with E-state index in [2.05, 4.69) is 13.2 Å². The predicted molar refractivity (Wildman–Crippen MR) is 174 cm³/mol. The van der Waals surface area contributed by atoms with Gasteiger partial charge in [-0.3, -0.25) is 0 Å². The number of hydrogen-bond donors (Lipinski definition) is 0. The standard InChI is InChI=1S/C24BF20.C12H8Cl2IO2/c26-5-1(6(27)14(35)21(42)13(5)34)25(2-7(28)15(36)22(43)16(37)8(2)29,3-9(30)17(38)23(44)18(39)10(3)31)4-11(32)19(40)24(45)20(41)12(4)33;1-7(13)9-3-5-11(16-9)15-12-6-4-10(17-12)8(2)14/h;3-6H,1-2H2/q-1;+1. The third-order valence-corrected chi connectivity index (χ3v) is 11.2. The lowest BCUT2D eigenvalue weighted by Gasteiger charge is -2.44. The van der Waals surface area contributed by atoms with Crippen LogP contribution in [0.4, 0.5) is 87.8 Å². The molecule has 0 aliphatic heterocycles. The minimum atomic E-state index is -7.22. The van der Waals surface area contributed by atoms with Crippen LogP contribution in [0.15, 0.2) is 46.3 Å². The van der Waals surface area contributed by atoms with Gasteiger partial charge < -0.3 is 8.83 Å². The summed E-state index contributed by atoms with van der Waals surface area (Å²) in [5.41, 5.74) is -14.3. The van der Waals surface area contributed by atoms with Crippen LogP contribution in [0.5, 0.6) is 0 Å². The normalized spacial score (nSPS) is 11.6. The van der Waals surface area contributed by atoms with Crippen molar-refractivity contribution in [2.75, 3.05) is 0 Å². The van der Waals surface area contributed by atoms with Gasteiger partial charge in [0, 0.05) is 12.1 Å². The Morgan fingerprint density at radius 2 is 0.516 bits per heavy atom. The van der Waals surface area contributed by atoms with Crippen LogP contribution < -0.4 is 43.1 Å². The molecule has 2 nitrogen and oxygen atoms in total. The summed E-state index contributed by atoms with van der Waals surface area (Å²) in [7, 11) is 0. The molecule has 0 amide bonds. The maximum atomic E-state index is 15.4. The van der Waals surface area contributed by atoms with Crippen molar-refractivity contribution in [2.45, 2.75) is 0 Å². The lowest BCUT2D eigenvalue weighted by Crippen LogP contribution is -3.61. The summed E-state index contributed by atoms with van der Waals surface area (Å²) in [6, 6.07) is 7.37. The number of benzene rings is 4. The van der Waals surface area contributed by atoms with Crippen LogP contribution in [0.1, 0.15) is 11.5 Å². The minimum Gasteiger partial charge on any atom is -0.417 e. The van der Waals surface area contributed by atoms with Gasteiger partial charge in [-0.15, -0.1) is 21.9 Å². The molecule has 62 heavy (non-hydrogen) atoms. The van der Waals surface area contributed by atoms with Gasteiger partial charge in [0.05, 0.1) is 10.1 Å². The quantitative estimate of drug-likeness (QED) is 0.0528. The molecule has 0 fully saturated rings. The summed E-state index contributed by atoms with van der Waals surface area (Å²) < 4.78 is 307. The van der Waals surface area contributed by atoms with Gasteiger partial charge in [0.25, 0.3) is 0 Å². The van der Waals surface area contributed by atoms with E-state index in [0.29, 0.717) is 21.6 Å². The van der Waals surface area contributed by atoms with Gasteiger partial charge in [-0.05, 0) is 12.1 Å². The highest BCUT2D eigenvalue weighted by Gasteiger charge is 2.52. The highest BCUT2D eigenvalue weighted by Crippen LogP contribution is 2.31. The van der Waals surface area contributed by atoms with E-state index in [4.69, 9.17) is 32.0 Å². The Balaban J connectivity index is 0.000000355. The molecule has 2 heterocycles. The molecule has 4 aromatic carbocycles. The molecular weight excluding hydrogens is 1050 g/mol. The molecule has 0 spiro atoms. The Morgan fingerprint density at radius 3 is 0.677 bits per heavy atom. The molecular formula is C36H8BCl2F20IO2. The summed E-state index contributed by atoms with van der Waals surface area (Å²) in [5.74, 6) is -70.2. The molecule has 2 aromatic heterocycles. The fourth-order valence-electron chi connectivity index (χ4n) is 5.99. The van der Waals surface area contributed by atoms with Crippen LogP contribution in [0.2, 0.25) is 0 Å². The minimum absolute atomic E-state index is 0.398. The molecule has 0 radical (unpaired) electrons. The molecule has 0 aliphatic rings. The van der Waals surface area contributed by atoms with E-state index in [9.17, 15) is 52.7 Å². The summed E-state index contributed by atoms with van der Waals surface area (Å²) in [6.07, 6.45) is -7.22. The fraction of sp³-hybridized carbons (Fsp3) is 0. The molecule has 0 saturated carbocycles. The Hall–Kier alpha value is -5.11. The molecule has 328 valence electrons. The van der Waals surface area contributed by atoms with E-state index in [-0.39, 0.29) is 0 Å². The van der Waals surface area contributed by atoms with Crippen molar-refractivity contribution in [1.82, 2.24) is 0 Å². The number of hydrogen-bond acceptors (Lipinski definition) is 2. The van der Waals surface area contributed by atoms with Crippen LogP contribution in [-0.2, 0) is 0 Å². The lowest BCUT2D eigenvalue weighted by molar-refractivity contribution is -0.636. The second kappa shape index (κ2) is 17.6. The highest BCUT2D eigenvalue weighted by molar-refractivity contribution is 7.20. The number of rotatable bonds is 8. The van der Waals surface area contributed by atoms with Gasteiger partial charge in [-0.2, -0.15) is 0 Å². The zero-order valence-electron chi connectivity index (χ0n) is 28.8. The first kappa shape index (κ1) is 47.9. The molecule has 26 heteroatoms. The van der Waals surface area contributed by atoms with Gasteiger partial charge >= 0.3 is 28.7 Å². The monoisotopic (exact) mass is 1060 g/mol. The van der Waals surface area contributed by atoms with Gasteiger partial charge in [0.1, 0.15) is 64.2 Å². The van der Waals surface area contributed by atoms with Crippen LogP contribution >= 0.6 is 23.2 Å². The van der Waals surface area contributed by atoms with E-state index >= 15 is 35.1 Å². The Kier molecular flexibility index (Phi) is 13.6. The molecule has 0 aliphatic carbocycles. The van der Waals surface area contributed by atoms with Crippen LogP contribution in [-0.4, -0.2) is 6.15 Å². The summed E-state index contributed by atoms with van der Waals surface area (Å²) >= 11 is 11.0. The molecule has 0 saturated heterocycles. The SMILES string of the molecule is C=C(Cl)c1ccc([I+]c2ccc(C(=C)Cl)o2)o1.Fc1c(F)c(F)c([B-](c2c(F)c(F)c(F)c(F)c2F)(c2c(F)c(F)c(F)c(F)c2F)c2c(F)c(F)c(F)c(F)c2F)c(F)c1F. The smallest absolute Gasteiger partial charge is 0.417 e. The van der Waals surface area contributed by atoms with E-state index in [1.165, 1.54) is 0 Å². The number of furan rings is 2. The van der Waals surface area contributed by atoms with Gasteiger partial charge in [-0.25, -0.2) is 87.8 Å². The molecule has 0 N–H and O–H groups in total. The van der Waals surface area contributed by atoms with E-state index in [0.717, 1.165) is 7.53 Å². The maximum absolute atomic E-state index is 15.4. The van der Waals surface area contributed by atoms with Crippen molar-refractivity contribution >= 4 is 61.3 Å². The third kappa shape index (κ3) is 7.59. The molecule has 6 rings (SSSR count). The van der Waals surface area contributed by atoms with Gasteiger partial charge in [-0.1, -0.05) is 36.4 Å².